The zero-order valence-electron chi connectivity index (χ0n) is 13.1. The van der Waals surface area contributed by atoms with Gasteiger partial charge in [-0.2, -0.15) is 0 Å². The van der Waals surface area contributed by atoms with Crippen LogP contribution in [0.3, 0.4) is 0 Å². The van der Waals surface area contributed by atoms with E-state index in [4.69, 9.17) is 5.11 Å². The normalized spacial score (nSPS) is 26.4. The highest BCUT2D eigenvalue weighted by Gasteiger charge is 2.31. The van der Waals surface area contributed by atoms with Gasteiger partial charge in [0.25, 0.3) is 0 Å². The number of hydrogen-bond acceptors (Lipinski definition) is 3. The van der Waals surface area contributed by atoms with Crippen LogP contribution in [0.4, 0.5) is 4.79 Å². The second-order valence-corrected chi connectivity index (χ2v) is 6.90. The van der Waals surface area contributed by atoms with E-state index in [0.29, 0.717) is 26.1 Å². The Labute approximate surface area is 126 Å². The summed E-state index contributed by atoms with van der Waals surface area (Å²) in [5.41, 5.74) is 0.157. The molecule has 2 fully saturated rings. The van der Waals surface area contributed by atoms with Crippen molar-refractivity contribution in [3.63, 3.8) is 0 Å². The van der Waals surface area contributed by atoms with Gasteiger partial charge in [-0.15, -0.1) is 0 Å². The number of nitrogens with zero attached hydrogens (tertiary/aromatic N) is 2. The molecule has 0 aliphatic carbocycles. The van der Waals surface area contributed by atoms with Crippen LogP contribution in [0.15, 0.2) is 0 Å². The van der Waals surface area contributed by atoms with Crippen LogP contribution in [0.25, 0.3) is 0 Å². The largest absolute Gasteiger partial charge is 0.481 e. The highest BCUT2D eigenvalue weighted by molar-refractivity contribution is 5.76. The molecule has 0 aromatic rings. The summed E-state index contributed by atoms with van der Waals surface area (Å²) in [7, 11) is 2.12. The molecule has 2 amide bonds. The van der Waals surface area contributed by atoms with Crippen molar-refractivity contribution in [2.75, 3.05) is 39.8 Å². The van der Waals surface area contributed by atoms with Gasteiger partial charge in [-0.1, -0.05) is 6.92 Å². The lowest BCUT2D eigenvalue weighted by molar-refractivity contribution is -0.143. The van der Waals surface area contributed by atoms with Gasteiger partial charge in [0.15, 0.2) is 0 Å². The van der Waals surface area contributed by atoms with Gasteiger partial charge < -0.3 is 20.2 Å². The highest BCUT2D eigenvalue weighted by Crippen LogP contribution is 2.29. The smallest absolute Gasteiger partial charge is 0.317 e. The number of aliphatic carboxylic acids is 1. The maximum absolute atomic E-state index is 12.2. The van der Waals surface area contributed by atoms with Crippen LogP contribution in [-0.4, -0.2) is 66.7 Å². The Morgan fingerprint density at radius 1 is 1.29 bits per heavy atom. The van der Waals surface area contributed by atoms with Gasteiger partial charge in [-0.25, -0.2) is 4.79 Å². The van der Waals surface area contributed by atoms with Crippen LogP contribution in [-0.2, 0) is 4.79 Å². The number of rotatable bonds is 3. The van der Waals surface area contributed by atoms with Crippen molar-refractivity contribution in [3.05, 3.63) is 0 Å². The molecule has 0 aromatic heterocycles. The average Bonchev–Trinajstić information content (AvgIpc) is 2.48. The zero-order chi connectivity index (χ0) is 15.5. The molecule has 2 aliphatic rings. The van der Waals surface area contributed by atoms with E-state index in [1.165, 1.54) is 0 Å². The van der Waals surface area contributed by atoms with Crippen LogP contribution in [0.1, 0.15) is 32.6 Å². The molecule has 21 heavy (non-hydrogen) atoms. The number of piperidine rings is 2. The van der Waals surface area contributed by atoms with Crippen LogP contribution in [0.5, 0.6) is 0 Å². The van der Waals surface area contributed by atoms with Gasteiger partial charge in [-0.3, -0.25) is 4.79 Å². The van der Waals surface area contributed by atoms with Crippen molar-refractivity contribution in [2.24, 2.45) is 11.3 Å². The maximum atomic E-state index is 12.2. The van der Waals surface area contributed by atoms with Crippen molar-refractivity contribution in [1.82, 2.24) is 15.1 Å². The van der Waals surface area contributed by atoms with Crippen LogP contribution in [0.2, 0.25) is 0 Å². The fourth-order valence-corrected chi connectivity index (χ4v) is 3.10. The minimum atomic E-state index is -0.797. The third-order valence-electron chi connectivity index (χ3n) is 4.92. The van der Waals surface area contributed by atoms with E-state index in [1.54, 1.807) is 4.90 Å². The Hall–Kier alpha value is -1.30. The number of carbonyl (C=O) groups is 2. The minimum Gasteiger partial charge on any atom is -0.481 e. The summed E-state index contributed by atoms with van der Waals surface area (Å²) in [4.78, 5) is 27.2. The van der Waals surface area contributed by atoms with E-state index < -0.39 is 11.9 Å². The van der Waals surface area contributed by atoms with E-state index in [1.807, 2.05) is 0 Å². The maximum Gasteiger partial charge on any atom is 0.317 e. The summed E-state index contributed by atoms with van der Waals surface area (Å²) in [6.45, 7) is 6.02. The van der Waals surface area contributed by atoms with Gasteiger partial charge in [0, 0.05) is 19.6 Å². The summed E-state index contributed by atoms with van der Waals surface area (Å²) in [5.74, 6) is -1.21. The number of nitrogens with one attached hydrogen (secondary N) is 1. The number of carboxylic acids is 1. The molecule has 0 radical (unpaired) electrons. The number of likely N-dealkylation sites (tertiary alicyclic amines) is 2. The highest BCUT2D eigenvalue weighted by atomic mass is 16.4. The van der Waals surface area contributed by atoms with Gasteiger partial charge in [-0.05, 0) is 51.2 Å². The lowest BCUT2D eigenvalue weighted by atomic mass is 9.80. The van der Waals surface area contributed by atoms with Gasteiger partial charge in [0.2, 0.25) is 0 Å². The first kappa shape index (κ1) is 16.1. The number of carboxylic acid groups (broad SMARTS) is 1. The zero-order valence-corrected chi connectivity index (χ0v) is 13.1. The van der Waals surface area contributed by atoms with E-state index in [2.05, 4.69) is 24.2 Å². The third-order valence-corrected chi connectivity index (χ3v) is 4.92. The van der Waals surface area contributed by atoms with E-state index in [9.17, 15) is 9.59 Å². The average molecular weight is 297 g/mol. The first-order chi connectivity index (χ1) is 9.89. The Balaban J connectivity index is 1.80. The van der Waals surface area contributed by atoms with E-state index >= 15 is 0 Å². The fourth-order valence-electron chi connectivity index (χ4n) is 3.10. The second kappa shape index (κ2) is 6.64. The predicted molar refractivity (Wildman–Crippen MR) is 80.2 cm³/mol. The lowest BCUT2D eigenvalue weighted by Gasteiger charge is -2.39. The molecule has 6 heteroatoms. The molecule has 0 bridgehead atoms. The molecule has 0 saturated carbocycles. The summed E-state index contributed by atoms with van der Waals surface area (Å²) >= 11 is 0. The number of amides is 2. The van der Waals surface area contributed by atoms with Crippen LogP contribution in [0, 0.1) is 11.3 Å². The number of carbonyl (C=O) groups excluding carboxylic acids is 1. The Morgan fingerprint density at radius 3 is 2.57 bits per heavy atom. The molecular formula is C15H27N3O3. The molecule has 2 aliphatic heterocycles. The molecule has 120 valence electrons. The Kier molecular flexibility index (Phi) is 5.08. The molecule has 0 aromatic carbocycles. The SMILES string of the molecule is CN1CCC(C)(CNC(=O)N2CCCC(C(=O)O)C2)CC1. The second-order valence-electron chi connectivity index (χ2n) is 6.90. The molecular weight excluding hydrogens is 270 g/mol. The van der Waals surface area contributed by atoms with Crippen LogP contribution >= 0.6 is 0 Å². The summed E-state index contributed by atoms with van der Waals surface area (Å²) in [5, 5.41) is 12.1. The minimum absolute atomic E-state index is 0.110. The first-order valence-electron chi connectivity index (χ1n) is 7.84. The quantitative estimate of drug-likeness (QED) is 0.821. The molecule has 2 rings (SSSR count). The Morgan fingerprint density at radius 2 is 1.95 bits per heavy atom. The van der Waals surface area contributed by atoms with Crippen molar-refractivity contribution in [3.8, 4) is 0 Å². The monoisotopic (exact) mass is 297 g/mol. The van der Waals surface area contributed by atoms with Crippen molar-refractivity contribution in [2.45, 2.75) is 32.6 Å². The van der Waals surface area contributed by atoms with Gasteiger partial charge in [0.1, 0.15) is 0 Å². The first-order valence-corrected chi connectivity index (χ1v) is 7.84. The number of urea groups is 1. The summed E-state index contributed by atoms with van der Waals surface area (Å²) in [6, 6.07) is -0.110. The van der Waals surface area contributed by atoms with E-state index in [-0.39, 0.29) is 11.4 Å². The molecule has 1 unspecified atom stereocenters. The van der Waals surface area contributed by atoms with E-state index in [0.717, 1.165) is 32.4 Å². The fraction of sp³-hybridized carbons (Fsp3) is 0.867. The van der Waals surface area contributed by atoms with Crippen molar-refractivity contribution < 1.29 is 14.7 Å². The topological polar surface area (TPSA) is 72.9 Å². The van der Waals surface area contributed by atoms with Gasteiger partial charge >= 0.3 is 12.0 Å². The summed E-state index contributed by atoms with van der Waals surface area (Å²) in [6.07, 6.45) is 3.61. The third kappa shape index (κ3) is 4.33. The predicted octanol–water partition coefficient (Wildman–Crippen LogP) is 1.22. The van der Waals surface area contributed by atoms with Crippen molar-refractivity contribution in [1.29, 1.82) is 0 Å². The Bertz CT molecular complexity index is 392. The van der Waals surface area contributed by atoms with Crippen molar-refractivity contribution >= 4 is 12.0 Å². The number of hydrogen-bond donors (Lipinski definition) is 2. The molecule has 6 nitrogen and oxygen atoms in total. The molecule has 0 spiro atoms. The molecule has 2 saturated heterocycles. The van der Waals surface area contributed by atoms with Gasteiger partial charge in [0.05, 0.1) is 5.92 Å². The standard InChI is InChI=1S/C15H27N3O3/c1-15(5-8-17(2)9-6-15)11-16-14(21)18-7-3-4-12(10-18)13(19)20/h12H,3-11H2,1-2H3,(H,16,21)(H,19,20). The molecule has 1 atom stereocenters. The molecule has 2 heterocycles. The summed E-state index contributed by atoms with van der Waals surface area (Å²) < 4.78 is 0. The van der Waals surface area contributed by atoms with Crippen LogP contribution < -0.4 is 5.32 Å². The molecule has 2 N–H and O–H groups in total. The lowest BCUT2D eigenvalue weighted by Crippen LogP contribution is -2.50.